The molecule has 1 amide bonds. The Balaban J connectivity index is 1.40. The molecule has 1 atom stereocenters. The Kier molecular flexibility index (Phi) is 5.88. The third kappa shape index (κ3) is 4.24. The first-order valence-electron chi connectivity index (χ1n) is 10.4. The van der Waals surface area contributed by atoms with Gasteiger partial charge in [0.25, 0.3) is 5.91 Å². The van der Waals surface area contributed by atoms with E-state index in [4.69, 9.17) is 9.47 Å². The number of fused-ring (bicyclic) bond motifs is 2. The van der Waals surface area contributed by atoms with E-state index in [0.717, 1.165) is 63.0 Å². The highest BCUT2D eigenvalue weighted by Gasteiger charge is 2.42. The lowest BCUT2D eigenvalue weighted by atomic mass is 9.85. The summed E-state index contributed by atoms with van der Waals surface area (Å²) in [6.07, 6.45) is 5.46. The Bertz CT molecular complexity index is 658. The van der Waals surface area contributed by atoms with Crippen LogP contribution in [-0.4, -0.2) is 56.3 Å². The zero-order valence-corrected chi connectivity index (χ0v) is 17.4. The van der Waals surface area contributed by atoms with Crippen LogP contribution < -0.4 is 5.32 Å². The van der Waals surface area contributed by atoms with Crippen molar-refractivity contribution in [2.75, 3.05) is 39.5 Å². The molecule has 4 heterocycles. The molecule has 2 fully saturated rings. The summed E-state index contributed by atoms with van der Waals surface area (Å²) in [6, 6.07) is 2.27. The van der Waals surface area contributed by atoms with Crippen molar-refractivity contribution in [3.8, 4) is 0 Å². The number of likely N-dealkylation sites (tertiary alicyclic amines) is 1. The second-order valence-corrected chi connectivity index (χ2v) is 9.60. The first-order valence-corrected chi connectivity index (χ1v) is 11.3. The third-order valence-corrected chi connectivity index (χ3v) is 7.52. The van der Waals surface area contributed by atoms with Gasteiger partial charge in [0.15, 0.2) is 0 Å². The van der Waals surface area contributed by atoms with E-state index in [1.165, 1.54) is 29.8 Å². The summed E-state index contributed by atoms with van der Waals surface area (Å²) in [4.78, 5) is 17.2. The minimum absolute atomic E-state index is 0.0516. The van der Waals surface area contributed by atoms with Crippen LogP contribution in [0.25, 0.3) is 0 Å². The Morgan fingerprint density at radius 1 is 1.37 bits per heavy atom. The van der Waals surface area contributed by atoms with Crippen LogP contribution in [0.1, 0.15) is 59.6 Å². The van der Waals surface area contributed by atoms with Crippen molar-refractivity contribution in [1.82, 2.24) is 10.2 Å². The van der Waals surface area contributed by atoms with E-state index >= 15 is 0 Å². The largest absolute Gasteiger partial charge is 0.381 e. The SMILES string of the molecule is CC(C)NC(=O)c1cc2c(s1)C1(CCN(CCC3CCOC3)CC1)OCC2. The van der Waals surface area contributed by atoms with Gasteiger partial charge in [-0.25, -0.2) is 0 Å². The fraction of sp³-hybridized carbons (Fsp3) is 0.762. The van der Waals surface area contributed by atoms with Gasteiger partial charge < -0.3 is 19.7 Å². The fourth-order valence-electron chi connectivity index (χ4n) is 4.55. The van der Waals surface area contributed by atoms with E-state index in [2.05, 4.69) is 16.3 Å². The minimum Gasteiger partial charge on any atom is -0.381 e. The van der Waals surface area contributed by atoms with Crippen molar-refractivity contribution in [2.24, 2.45) is 5.92 Å². The van der Waals surface area contributed by atoms with Crippen molar-refractivity contribution in [3.05, 3.63) is 21.4 Å². The number of carbonyl (C=O) groups excluding carboxylic acids is 1. The van der Waals surface area contributed by atoms with E-state index in [1.54, 1.807) is 11.3 Å². The maximum Gasteiger partial charge on any atom is 0.261 e. The van der Waals surface area contributed by atoms with Gasteiger partial charge in [-0.1, -0.05) is 0 Å². The number of hydrogen-bond donors (Lipinski definition) is 1. The summed E-state index contributed by atoms with van der Waals surface area (Å²) in [5, 5.41) is 3.02. The summed E-state index contributed by atoms with van der Waals surface area (Å²) in [5.41, 5.74) is 1.17. The van der Waals surface area contributed by atoms with Gasteiger partial charge >= 0.3 is 0 Å². The molecule has 1 unspecified atom stereocenters. The zero-order chi connectivity index (χ0) is 18.9. The standard InChI is InChI=1S/C21H32N2O3S/c1-15(2)22-20(24)18-13-17-5-12-26-21(19(17)27-18)6-9-23(10-7-21)8-3-16-4-11-25-14-16/h13,15-16H,3-12,14H2,1-2H3,(H,22,24). The molecular weight excluding hydrogens is 360 g/mol. The molecule has 150 valence electrons. The molecule has 1 aromatic rings. The maximum atomic E-state index is 12.4. The number of rotatable bonds is 5. The molecule has 0 aromatic carbocycles. The van der Waals surface area contributed by atoms with E-state index in [0.29, 0.717) is 0 Å². The molecule has 1 spiro atoms. The molecule has 5 nitrogen and oxygen atoms in total. The van der Waals surface area contributed by atoms with Gasteiger partial charge in [-0.3, -0.25) is 4.79 Å². The molecule has 0 radical (unpaired) electrons. The predicted octanol–water partition coefficient (Wildman–Crippen LogP) is 3.18. The highest BCUT2D eigenvalue weighted by atomic mass is 32.1. The number of thiophene rings is 1. The van der Waals surface area contributed by atoms with Crippen LogP contribution in [0.15, 0.2) is 6.07 Å². The molecule has 3 aliphatic heterocycles. The van der Waals surface area contributed by atoms with Gasteiger partial charge in [0.05, 0.1) is 11.5 Å². The average Bonchev–Trinajstić information content (AvgIpc) is 3.31. The molecule has 1 N–H and O–H groups in total. The number of piperidine rings is 1. The van der Waals surface area contributed by atoms with Crippen LogP contribution in [0.2, 0.25) is 0 Å². The van der Waals surface area contributed by atoms with E-state index in [9.17, 15) is 4.79 Å². The van der Waals surface area contributed by atoms with E-state index in [1.807, 2.05) is 13.8 Å². The number of nitrogens with one attached hydrogen (secondary N) is 1. The quantitative estimate of drug-likeness (QED) is 0.836. The second kappa shape index (κ2) is 8.19. The molecule has 6 heteroatoms. The van der Waals surface area contributed by atoms with Crippen LogP contribution in [-0.2, 0) is 21.5 Å². The molecular formula is C21H32N2O3S. The number of hydrogen-bond acceptors (Lipinski definition) is 5. The van der Waals surface area contributed by atoms with Crippen LogP contribution in [0.3, 0.4) is 0 Å². The summed E-state index contributed by atoms with van der Waals surface area (Å²) >= 11 is 1.65. The number of nitrogens with zero attached hydrogens (tertiary/aromatic N) is 1. The first kappa shape index (κ1) is 19.4. The lowest BCUT2D eigenvalue weighted by Gasteiger charge is -2.44. The summed E-state index contributed by atoms with van der Waals surface area (Å²) in [5.74, 6) is 0.800. The molecule has 0 aliphatic carbocycles. The fourth-order valence-corrected chi connectivity index (χ4v) is 5.87. The maximum absolute atomic E-state index is 12.4. The molecule has 27 heavy (non-hydrogen) atoms. The minimum atomic E-state index is -0.165. The lowest BCUT2D eigenvalue weighted by Crippen LogP contribution is -2.46. The van der Waals surface area contributed by atoms with Gasteiger partial charge in [-0.15, -0.1) is 11.3 Å². The second-order valence-electron chi connectivity index (χ2n) is 8.55. The van der Waals surface area contributed by atoms with Crippen molar-refractivity contribution < 1.29 is 14.3 Å². The normalized spacial score (nSPS) is 25.1. The summed E-state index contributed by atoms with van der Waals surface area (Å²) < 4.78 is 11.9. The van der Waals surface area contributed by atoms with Gasteiger partial charge in [0.2, 0.25) is 0 Å². The lowest BCUT2D eigenvalue weighted by molar-refractivity contribution is -0.0953. The Morgan fingerprint density at radius 3 is 2.89 bits per heavy atom. The molecule has 4 rings (SSSR count). The third-order valence-electron chi connectivity index (χ3n) is 6.16. The van der Waals surface area contributed by atoms with E-state index < -0.39 is 0 Å². The Morgan fingerprint density at radius 2 is 2.19 bits per heavy atom. The van der Waals surface area contributed by atoms with E-state index in [-0.39, 0.29) is 17.6 Å². The topological polar surface area (TPSA) is 50.8 Å². The molecule has 0 saturated carbocycles. The summed E-state index contributed by atoms with van der Waals surface area (Å²) in [7, 11) is 0. The Labute approximate surface area is 166 Å². The van der Waals surface area contributed by atoms with Gasteiger partial charge in [0, 0.05) is 37.2 Å². The molecule has 3 aliphatic rings. The van der Waals surface area contributed by atoms with Crippen LogP contribution in [0.4, 0.5) is 0 Å². The number of carbonyl (C=O) groups is 1. The van der Waals surface area contributed by atoms with Crippen LogP contribution >= 0.6 is 11.3 Å². The first-order chi connectivity index (χ1) is 13.1. The number of amides is 1. The van der Waals surface area contributed by atoms with Gasteiger partial charge in [-0.2, -0.15) is 0 Å². The van der Waals surface area contributed by atoms with Crippen molar-refractivity contribution in [1.29, 1.82) is 0 Å². The van der Waals surface area contributed by atoms with Crippen molar-refractivity contribution >= 4 is 17.2 Å². The predicted molar refractivity (Wildman–Crippen MR) is 107 cm³/mol. The molecule has 1 aromatic heterocycles. The Hall–Kier alpha value is -0.950. The smallest absolute Gasteiger partial charge is 0.261 e. The van der Waals surface area contributed by atoms with Crippen molar-refractivity contribution in [2.45, 2.75) is 57.6 Å². The van der Waals surface area contributed by atoms with Crippen LogP contribution in [0.5, 0.6) is 0 Å². The van der Waals surface area contributed by atoms with Gasteiger partial charge in [-0.05, 0) is 70.0 Å². The number of ether oxygens (including phenoxy) is 2. The zero-order valence-electron chi connectivity index (χ0n) is 16.6. The monoisotopic (exact) mass is 392 g/mol. The highest BCUT2D eigenvalue weighted by Crippen LogP contribution is 2.45. The summed E-state index contributed by atoms with van der Waals surface area (Å²) in [6.45, 7) is 10.00. The molecule has 0 bridgehead atoms. The van der Waals surface area contributed by atoms with Crippen LogP contribution in [0, 0.1) is 5.92 Å². The van der Waals surface area contributed by atoms with Crippen molar-refractivity contribution in [3.63, 3.8) is 0 Å². The average molecular weight is 393 g/mol. The molecule has 2 saturated heterocycles. The van der Waals surface area contributed by atoms with Gasteiger partial charge in [0.1, 0.15) is 5.60 Å². The highest BCUT2D eigenvalue weighted by molar-refractivity contribution is 7.14.